The molecule has 3 aromatic rings. The van der Waals surface area contributed by atoms with Crippen molar-refractivity contribution in [1.29, 1.82) is 0 Å². The lowest BCUT2D eigenvalue weighted by Crippen LogP contribution is -2.37. The van der Waals surface area contributed by atoms with E-state index in [1.165, 1.54) is 36.4 Å². The Hall–Kier alpha value is -4.27. The van der Waals surface area contributed by atoms with Crippen molar-refractivity contribution >= 4 is 40.3 Å². The number of carbonyl (C=O) groups is 4. The van der Waals surface area contributed by atoms with Crippen molar-refractivity contribution in [2.24, 2.45) is 0 Å². The number of methoxy groups -OCH3 is 1. The summed E-state index contributed by atoms with van der Waals surface area (Å²) in [7, 11) is 1.14. The highest BCUT2D eigenvalue weighted by Gasteiger charge is 2.36. The zero-order valence-corrected chi connectivity index (χ0v) is 15.6. The number of carbonyl (C=O) groups excluding carboxylic acids is 4. The summed E-state index contributed by atoms with van der Waals surface area (Å²) in [6.45, 7) is -0.457. The van der Waals surface area contributed by atoms with E-state index in [-0.39, 0.29) is 22.3 Å². The van der Waals surface area contributed by atoms with E-state index in [1.54, 1.807) is 12.1 Å². The first-order valence-corrected chi connectivity index (χ1v) is 8.80. The van der Waals surface area contributed by atoms with Crippen molar-refractivity contribution in [3.05, 3.63) is 75.6 Å². The Balaban J connectivity index is 1.54. The van der Waals surface area contributed by atoms with Gasteiger partial charge in [-0.05, 0) is 36.4 Å². The zero-order chi connectivity index (χ0) is 21.4. The summed E-state index contributed by atoms with van der Waals surface area (Å²) >= 11 is 0. The van der Waals surface area contributed by atoms with Gasteiger partial charge in [0.05, 0.1) is 18.2 Å². The number of fused-ring (bicyclic) bond motifs is 2. The quantitative estimate of drug-likeness (QED) is 0.398. The molecule has 1 aliphatic rings. The molecule has 1 aromatic heterocycles. The van der Waals surface area contributed by atoms with E-state index in [4.69, 9.17) is 4.42 Å². The van der Waals surface area contributed by atoms with Crippen molar-refractivity contribution in [2.45, 2.75) is 0 Å². The van der Waals surface area contributed by atoms with Gasteiger partial charge in [-0.1, -0.05) is 12.1 Å². The number of benzene rings is 2. The van der Waals surface area contributed by atoms with E-state index in [9.17, 15) is 24.0 Å². The number of esters is 1. The van der Waals surface area contributed by atoms with Crippen LogP contribution >= 0.6 is 0 Å². The van der Waals surface area contributed by atoms with Gasteiger partial charge in [-0.15, -0.1) is 0 Å². The van der Waals surface area contributed by atoms with Crippen LogP contribution in [0.4, 0.5) is 5.69 Å². The molecular formula is C21H14N2O7. The molecule has 4 rings (SSSR count). The fourth-order valence-electron chi connectivity index (χ4n) is 3.18. The van der Waals surface area contributed by atoms with Gasteiger partial charge in [0.25, 0.3) is 11.8 Å². The van der Waals surface area contributed by atoms with Crippen LogP contribution in [0.1, 0.15) is 31.1 Å². The van der Waals surface area contributed by atoms with Crippen LogP contribution in [0.2, 0.25) is 0 Å². The minimum atomic E-state index is -0.842. The third kappa shape index (κ3) is 3.22. The first-order valence-electron chi connectivity index (χ1n) is 8.80. The molecule has 0 unspecified atom stereocenters. The molecule has 0 fully saturated rings. The summed E-state index contributed by atoms with van der Waals surface area (Å²) in [5.74, 6) is -2.50. The molecule has 150 valence electrons. The normalized spacial score (nSPS) is 12.8. The van der Waals surface area contributed by atoms with Gasteiger partial charge in [0.2, 0.25) is 5.91 Å². The number of nitrogens with one attached hydrogen (secondary N) is 1. The van der Waals surface area contributed by atoms with E-state index >= 15 is 0 Å². The number of hydrogen-bond acceptors (Lipinski definition) is 7. The third-order valence-electron chi connectivity index (χ3n) is 4.60. The highest BCUT2D eigenvalue weighted by molar-refractivity contribution is 6.22. The first-order chi connectivity index (χ1) is 14.4. The van der Waals surface area contributed by atoms with Crippen LogP contribution in [0.5, 0.6) is 0 Å². The van der Waals surface area contributed by atoms with Crippen LogP contribution < -0.4 is 10.9 Å². The molecule has 3 amide bonds. The topological polar surface area (TPSA) is 123 Å². The fraction of sp³-hybridized carbons (Fsp3) is 0.0952. The van der Waals surface area contributed by atoms with E-state index in [2.05, 4.69) is 10.1 Å². The summed E-state index contributed by atoms with van der Waals surface area (Å²) in [5.41, 5.74) is -0.0613. The van der Waals surface area contributed by atoms with Crippen molar-refractivity contribution in [2.75, 3.05) is 19.0 Å². The Morgan fingerprint density at radius 2 is 1.67 bits per heavy atom. The van der Waals surface area contributed by atoms with Crippen molar-refractivity contribution in [1.82, 2.24) is 4.90 Å². The molecule has 0 bridgehead atoms. The van der Waals surface area contributed by atoms with Crippen molar-refractivity contribution < 1.29 is 28.3 Å². The van der Waals surface area contributed by atoms with Gasteiger partial charge in [0.15, 0.2) is 0 Å². The lowest BCUT2D eigenvalue weighted by atomic mass is 10.1. The average molecular weight is 406 g/mol. The number of anilines is 1. The van der Waals surface area contributed by atoms with Gasteiger partial charge in [-0.3, -0.25) is 19.3 Å². The van der Waals surface area contributed by atoms with Crippen molar-refractivity contribution in [3.63, 3.8) is 0 Å². The minimum absolute atomic E-state index is 0.214. The molecule has 1 N–H and O–H groups in total. The SMILES string of the molecule is COC(=O)c1cc2cc(NC(=O)CN3C(=O)c4ccccc4C3=O)ccc2oc1=O. The molecule has 2 heterocycles. The monoisotopic (exact) mass is 406 g/mol. The number of imide groups is 1. The van der Waals surface area contributed by atoms with Gasteiger partial charge in [-0.2, -0.15) is 0 Å². The summed E-state index contributed by atoms with van der Waals surface area (Å²) in [5, 5.41) is 2.97. The van der Waals surface area contributed by atoms with Gasteiger partial charge >= 0.3 is 11.6 Å². The van der Waals surface area contributed by atoms with Gasteiger partial charge in [-0.25, -0.2) is 9.59 Å². The van der Waals surface area contributed by atoms with Crippen LogP contribution in [-0.2, 0) is 9.53 Å². The first kappa shape index (κ1) is 19.1. The second-order valence-electron chi connectivity index (χ2n) is 6.48. The highest BCUT2D eigenvalue weighted by atomic mass is 16.5. The lowest BCUT2D eigenvalue weighted by Gasteiger charge is -2.14. The minimum Gasteiger partial charge on any atom is -0.465 e. The van der Waals surface area contributed by atoms with E-state index in [0.717, 1.165) is 12.0 Å². The van der Waals surface area contributed by atoms with E-state index in [0.29, 0.717) is 11.1 Å². The molecule has 0 saturated heterocycles. The molecule has 0 spiro atoms. The Morgan fingerprint density at radius 3 is 2.30 bits per heavy atom. The largest absolute Gasteiger partial charge is 0.465 e. The zero-order valence-electron chi connectivity index (χ0n) is 15.6. The third-order valence-corrected chi connectivity index (χ3v) is 4.60. The van der Waals surface area contributed by atoms with Gasteiger partial charge < -0.3 is 14.5 Å². The predicted molar refractivity (Wildman–Crippen MR) is 104 cm³/mol. The average Bonchev–Trinajstić information content (AvgIpc) is 2.98. The van der Waals surface area contributed by atoms with Crippen LogP contribution in [0.15, 0.2) is 57.7 Å². The second-order valence-corrected chi connectivity index (χ2v) is 6.48. The van der Waals surface area contributed by atoms with Gasteiger partial charge in [0, 0.05) is 11.1 Å². The molecule has 1 aliphatic heterocycles. The highest BCUT2D eigenvalue weighted by Crippen LogP contribution is 2.23. The Labute approximate surface area is 168 Å². The predicted octanol–water partition coefficient (Wildman–Crippen LogP) is 1.81. The Bertz CT molecular complexity index is 1260. The fourth-order valence-corrected chi connectivity index (χ4v) is 3.18. The number of amides is 3. The van der Waals surface area contributed by atoms with Crippen LogP contribution in [0, 0.1) is 0 Å². The maximum absolute atomic E-state index is 12.4. The molecule has 0 atom stereocenters. The molecule has 0 saturated carbocycles. The molecular weight excluding hydrogens is 392 g/mol. The summed E-state index contributed by atoms with van der Waals surface area (Å²) < 4.78 is 9.62. The number of rotatable bonds is 4. The lowest BCUT2D eigenvalue weighted by molar-refractivity contribution is -0.116. The van der Waals surface area contributed by atoms with E-state index < -0.39 is 35.9 Å². The summed E-state index contributed by atoms with van der Waals surface area (Å²) in [4.78, 5) is 61.5. The molecule has 9 heteroatoms. The Morgan fingerprint density at radius 1 is 1.00 bits per heavy atom. The van der Waals surface area contributed by atoms with Gasteiger partial charge in [0.1, 0.15) is 17.7 Å². The summed E-state index contributed by atoms with van der Waals surface area (Å²) in [6, 6.07) is 12.1. The summed E-state index contributed by atoms with van der Waals surface area (Å²) in [6.07, 6.45) is 0. The van der Waals surface area contributed by atoms with Crippen molar-refractivity contribution in [3.8, 4) is 0 Å². The maximum Gasteiger partial charge on any atom is 0.351 e. The number of ether oxygens (including phenoxy) is 1. The smallest absolute Gasteiger partial charge is 0.351 e. The molecule has 30 heavy (non-hydrogen) atoms. The molecule has 9 nitrogen and oxygen atoms in total. The molecule has 0 aliphatic carbocycles. The van der Waals surface area contributed by atoms with Crippen LogP contribution in [-0.4, -0.2) is 42.2 Å². The molecule has 0 radical (unpaired) electrons. The second kappa shape index (κ2) is 7.28. The van der Waals surface area contributed by atoms with Crippen LogP contribution in [0.25, 0.3) is 11.0 Å². The van der Waals surface area contributed by atoms with E-state index in [1.807, 2.05) is 0 Å². The van der Waals surface area contributed by atoms with Crippen LogP contribution in [0.3, 0.4) is 0 Å². The molecule has 2 aromatic carbocycles. The standard InChI is InChI=1S/C21H14N2O7/c1-29-20(27)15-9-11-8-12(6-7-16(11)30-21(15)28)22-17(24)10-23-18(25)13-4-2-3-5-14(13)19(23)26/h2-9H,10H2,1H3,(H,22,24). The number of nitrogens with zero attached hydrogens (tertiary/aromatic N) is 1. The Kier molecular flexibility index (Phi) is 4.63. The number of hydrogen-bond donors (Lipinski definition) is 1. The maximum atomic E-state index is 12.4.